The number of benzene rings is 1. The Morgan fingerprint density at radius 2 is 1.91 bits per heavy atom. The van der Waals surface area contributed by atoms with Gasteiger partial charge in [0.15, 0.2) is 0 Å². The van der Waals surface area contributed by atoms with Crippen molar-refractivity contribution in [1.82, 2.24) is 9.55 Å². The zero-order valence-corrected chi connectivity index (χ0v) is 13.0. The number of nitrogens with one attached hydrogen (secondary N) is 2. The van der Waals surface area contributed by atoms with Gasteiger partial charge in [-0.15, -0.1) is 0 Å². The molecule has 1 aromatic carbocycles. The van der Waals surface area contributed by atoms with Gasteiger partial charge in [0.25, 0.3) is 5.56 Å². The summed E-state index contributed by atoms with van der Waals surface area (Å²) >= 11 is 0. The number of aryl methyl sites for hydroxylation is 1. The van der Waals surface area contributed by atoms with Crippen LogP contribution in [0.4, 0.5) is 5.82 Å². The van der Waals surface area contributed by atoms with Crippen LogP contribution < -0.4 is 16.6 Å². The summed E-state index contributed by atoms with van der Waals surface area (Å²) in [6.45, 7) is 0. The number of nitrogens with zero attached hydrogens (tertiary/aromatic N) is 1. The number of hydrogen-bond donors (Lipinski definition) is 2. The second kappa shape index (κ2) is 5.72. The highest BCUT2D eigenvalue weighted by molar-refractivity contribution is 5.41. The van der Waals surface area contributed by atoms with Crippen molar-refractivity contribution in [1.29, 1.82) is 0 Å². The average Bonchev–Trinajstić information content (AvgIpc) is 2.49. The maximum Gasteiger partial charge on any atom is 0.330 e. The average molecular weight is 311 g/mol. The molecule has 2 aliphatic carbocycles. The second-order valence-electron chi connectivity index (χ2n) is 6.57. The van der Waals surface area contributed by atoms with Gasteiger partial charge >= 0.3 is 5.69 Å². The van der Waals surface area contributed by atoms with Gasteiger partial charge in [-0.05, 0) is 49.7 Å². The van der Waals surface area contributed by atoms with E-state index in [1.54, 1.807) is 0 Å². The molecule has 120 valence electrons. The summed E-state index contributed by atoms with van der Waals surface area (Å²) in [5, 5.41) is 3.35. The minimum atomic E-state index is -0.297. The Kier molecular flexibility index (Phi) is 3.56. The minimum Gasteiger partial charge on any atom is -0.365 e. The lowest BCUT2D eigenvalue weighted by Crippen LogP contribution is -2.40. The van der Waals surface area contributed by atoms with Gasteiger partial charge in [0.1, 0.15) is 5.82 Å². The fraction of sp³-hybridized carbons (Fsp3) is 0.444. The van der Waals surface area contributed by atoms with E-state index in [0.29, 0.717) is 5.82 Å². The van der Waals surface area contributed by atoms with E-state index >= 15 is 0 Å². The van der Waals surface area contributed by atoms with Crippen LogP contribution in [-0.4, -0.2) is 9.55 Å². The van der Waals surface area contributed by atoms with E-state index in [0.717, 1.165) is 38.5 Å². The molecule has 0 radical (unpaired) electrons. The lowest BCUT2D eigenvalue weighted by Gasteiger charge is -2.28. The molecule has 1 unspecified atom stereocenters. The number of H-pyrrole nitrogens is 1. The molecule has 2 aromatic rings. The fourth-order valence-electron chi connectivity index (χ4n) is 3.66. The molecule has 0 saturated heterocycles. The molecular formula is C18H21N3O2. The van der Waals surface area contributed by atoms with Crippen LogP contribution in [-0.2, 0) is 6.42 Å². The highest BCUT2D eigenvalue weighted by Gasteiger charge is 2.24. The molecule has 1 fully saturated rings. The van der Waals surface area contributed by atoms with Crippen molar-refractivity contribution in [3.05, 3.63) is 62.3 Å². The third-order valence-electron chi connectivity index (χ3n) is 5.10. The van der Waals surface area contributed by atoms with Gasteiger partial charge in [0.2, 0.25) is 0 Å². The first-order valence-electron chi connectivity index (χ1n) is 8.42. The summed E-state index contributed by atoms with van der Waals surface area (Å²) in [5.74, 6) is 0.525. The van der Waals surface area contributed by atoms with E-state index < -0.39 is 0 Å². The van der Waals surface area contributed by atoms with Crippen molar-refractivity contribution < 1.29 is 0 Å². The molecule has 5 heteroatoms. The van der Waals surface area contributed by atoms with E-state index in [1.807, 2.05) is 6.07 Å². The van der Waals surface area contributed by atoms with Crippen LogP contribution in [0.2, 0.25) is 0 Å². The zero-order valence-electron chi connectivity index (χ0n) is 13.0. The van der Waals surface area contributed by atoms with Gasteiger partial charge in [0.05, 0.1) is 6.04 Å². The molecular weight excluding hydrogens is 290 g/mol. The van der Waals surface area contributed by atoms with E-state index in [2.05, 4.69) is 28.5 Å². The minimum absolute atomic E-state index is 0.0794. The topological polar surface area (TPSA) is 66.9 Å². The van der Waals surface area contributed by atoms with Crippen molar-refractivity contribution in [2.24, 2.45) is 0 Å². The quantitative estimate of drug-likeness (QED) is 0.916. The van der Waals surface area contributed by atoms with E-state index in [-0.39, 0.29) is 23.3 Å². The van der Waals surface area contributed by atoms with Crippen molar-refractivity contribution >= 4 is 5.82 Å². The number of rotatable bonds is 3. The molecule has 2 N–H and O–H groups in total. The normalized spacial score (nSPS) is 20.6. The Hall–Kier alpha value is -2.30. The summed E-state index contributed by atoms with van der Waals surface area (Å²) in [4.78, 5) is 27.4. The largest absolute Gasteiger partial charge is 0.365 e. The standard InChI is InChI=1S/C18H21N3O2/c22-17-11-16(20-18(23)21(17)13-7-4-8-13)19-15-10-3-6-12-5-1-2-9-14(12)15/h1-2,5,9,11,13,15,19H,3-4,6-8,10H2,(H,20,23). The van der Waals surface area contributed by atoms with Crippen LogP contribution in [0.15, 0.2) is 39.9 Å². The predicted molar refractivity (Wildman–Crippen MR) is 90.0 cm³/mol. The van der Waals surface area contributed by atoms with E-state index in [4.69, 9.17) is 0 Å². The molecule has 2 aliphatic rings. The first kappa shape index (κ1) is 14.3. The Labute approximate surface area is 134 Å². The molecule has 0 bridgehead atoms. The molecule has 5 nitrogen and oxygen atoms in total. The molecule has 23 heavy (non-hydrogen) atoms. The van der Waals surface area contributed by atoms with Gasteiger partial charge in [-0.1, -0.05) is 24.3 Å². The number of fused-ring (bicyclic) bond motifs is 1. The van der Waals surface area contributed by atoms with Crippen LogP contribution in [0.3, 0.4) is 0 Å². The molecule has 1 atom stereocenters. The van der Waals surface area contributed by atoms with Gasteiger partial charge < -0.3 is 5.32 Å². The first-order valence-corrected chi connectivity index (χ1v) is 8.42. The maximum atomic E-state index is 12.3. The lowest BCUT2D eigenvalue weighted by molar-refractivity contribution is 0.296. The Balaban J connectivity index is 1.63. The van der Waals surface area contributed by atoms with Gasteiger partial charge in [-0.2, -0.15) is 0 Å². The molecule has 1 heterocycles. The fourth-order valence-corrected chi connectivity index (χ4v) is 3.66. The molecule has 0 aliphatic heterocycles. The summed E-state index contributed by atoms with van der Waals surface area (Å²) < 4.78 is 1.36. The number of aromatic amines is 1. The Morgan fingerprint density at radius 1 is 1.09 bits per heavy atom. The summed E-state index contributed by atoms with van der Waals surface area (Å²) in [5.41, 5.74) is 2.11. The molecule has 4 rings (SSSR count). The maximum absolute atomic E-state index is 12.3. The van der Waals surface area contributed by atoms with Crippen LogP contribution >= 0.6 is 0 Å². The monoisotopic (exact) mass is 311 g/mol. The van der Waals surface area contributed by atoms with E-state index in [9.17, 15) is 9.59 Å². The molecule has 1 saturated carbocycles. The third-order valence-corrected chi connectivity index (χ3v) is 5.10. The van der Waals surface area contributed by atoms with Gasteiger partial charge in [-0.3, -0.25) is 14.3 Å². The van der Waals surface area contributed by atoms with Crippen LogP contribution in [0.1, 0.15) is 55.3 Å². The van der Waals surface area contributed by atoms with E-state index in [1.165, 1.54) is 21.8 Å². The van der Waals surface area contributed by atoms with Crippen molar-refractivity contribution in [2.75, 3.05) is 5.32 Å². The van der Waals surface area contributed by atoms with Crippen LogP contribution in [0.5, 0.6) is 0 Å². The molecule has 0 spiro atoms. The van der Waals surface area contributed by atoms with Gasteiger partial charge in [0, 0.05) is 12.1 Å². The SMILES string of the molecule is O=c1cc(NC2CCCc3ccccc32)[nH]c(=O)n1C1CCC1. The predicted octanol–water partition coefficient (Wildman–Crippen LogP) is 2.75. The Morgan fingerprint density at radius 3 is 2.65 bits per heavy atom. The van der Waals surface area contributed by atoms with Crippen LogP contribution in [0, 0.1) is 0 Å². The number of aromatic nitrogens is 2. The smallest absolute Gasteiger partial charge is 0.330 e. The lowest BCUT2D eigenvalue weighted by atomic mass is 9.88. The third kappa shape index (κ3) is 2.60. The first-order chi connectivity index (χ1) is 11.2. The van der Waals surface area contributed by atoms with Gasteiger partial charge in [-0.25, -0.2) is 4.79 Å². The Bertz CT molecular complexity index is 801. The molecule has 0 amide bonds. The number of anilines is 1. The molecule has 1 aromatic heterocycles. The summed E-state index contributed by atoms with van der Waals surface area (Å²) in [6.07, 6.45) is 6.14. The summed E-state index contributed by atoms with van der Waals surface area (Å²) in [7, 11) is 0. The van der Waals surface area contributed by atoms with Crippen molar-refractivity contribution in [3.8, 4) is 0 Å². The number of hydrogen-bond acceptors (Lipinski definition) is 3. The summed E-state index contributed by atoms with van der Waals surface area (Å²) in [6, 6.07) is 10.1. The van der Waals surface area contributed by atoms with Crippen molar-refractivity contribution in [3.63, 3.8) is 0 Å². The second-order valence-corrected chi connectivity index (χ2v) is 6.57. The highest BCUT2D eigenvalue weighted by Crippen LogP contribution is 2.32. The van der Waals surface area contributed by atoms with Crippen LogP contribution in [0.25, 0.3) is 0 Å². The highest BCUT2D eigenvalue weighted by atomic mass is 16.2. The zero-order chi connectivity index (χ0) is 15.8. The van der Waals surface area contributed by atoms with Crippen molar-refractivity contribution in [2.45, 2.75) is 50.6 Å².